The first-order chi connectivity index (χ1) is 6.79. The molecular formula is C12H18ClNO. The first kappa shape index (κ1) is 12.3. The molecule has 1 rings (SSSR count). The molecule has 0 radical (unpaired) electrons. The third kappa shape index (κ3) is 3.71. The van der Waals surface area contributed by atoms with E-state index in [1.807, 2.05) is 6.92 Å². The molecule has 1 heterocycles. The van der Waals surface area contributed by atoms with E-state index in [1.165, 1.54) is 0 Å². The smallest absolute Gasteiger partial charge is 0.171 e. The average Bonchev–Trinajstić information content (AvgIpc) is 2.07. The molecule has 1 aromatic heterocycles. The Hall–Kier alpha value is -0.760. The van der Waals surface area contributed by atoms with Gasteiger partial charge in [0.05, 0.1) is 0 Å². The maximum atomic E-state index is 9.46. The fourth-order valence-electron chi connectivity index (χ4n) is 1.37. The summed E-state index contributed by atoms with van der Waals surface area (Å²) in [5, 5.41) is 9.65. The van der Waals surface area contributed by atoms with Gasteiger partial charge in [-0.1, -0.05) is 32.4 Å². The van der Waals surface area contributed by atoms with Gasteiger partial charge in [0.1, 0.15) is 0 Å². The molecule has 0 fully saturated rings. The van der Waals surface area contributed by atoms with E-state index in [-0.39, 0.29) is 10.9 Å². The Bertz CT molecular complexity index is 355. The topological polar surface area (TPSA) is 33.1 Å². The fourth-order valence-corrected chi connectivity index (χ4v) is 1.55. The molecule has 0 aliphatic heterocycles. The number of aromatic hydroxyl groups is 1. The van der Waals surface area contributed by atoms with Crippen LogP contribution < -0.4 is 0 Å². The number of hydrogen-bond acceptors (Lipinski definition) is 2. The summed E-state index contributed by atoms with van der Waals surface area (Å²) in [6.07, 6.45) is 1.99. The average molecular weight is 228 g/mol. The summed E-state index contributed by atoms with van der Waals surface area (Å²) in [5.74, 6) is 0.0752. The van der Waals surface area contributed by atoms with Crippen molar-refractivity contribution in [2.75, 3.05) is 0 Å². The van der Waals surface area contributed by atoms with Crippen molar-refractivity contribution in [2.45, 2.75) is 40.5 Å². The molecule has 0 bridgehead atoms. The quantitative estimate of drug-likeness (QED) is 0.781. The number of aryl methyl sites for hydroxylation is 2. The van der Waals surface area contributed by atoms with Gasteiger partial charge in [0.2, 0.25) is 0 Å². The number of halogens is 1. The summed E-state index contributed by atoms with van der Waals surface area (Å²) >= 11 is 5.71. The van der Waals surface area contributed by atoms with Crippen LogP contribution in [0.3, 0.4) is 0 Å². The van der Waals surface area contributed by atoms with Crippen LogP contribution in [-0.2, 0) is 6.42 Å². The predicted octanol–water partition coefficient (Wildman–Crippen LogP) is 3.73. The second kappa shape index (κ2) is 4.40. The summed E-state index contributed by atoms with van der Waals surface area (Å²) in [5.41, 5.74) is 2.27. The third-order valence-electron chi connectivity index (χ3n) is 2.40. The van der Waals surface area contributed by atoms with E-state index in [1.54, 1.807) is 6.07 Å². The Labute approximate surface area is 96.3 Å². The molecule has 15 heavy (non-hydrogen) atoms. The lowest BCUT2D eigenvalue weighted by molar-refractivity contribution is 0.377. The van der Waals surface area contributed by atoms with Crippen molar-refractivity contribution in [3.8, 4) is 5.75 Å². The van der Waals surface area contributed by atoms with Crippen LogP contribution >= 0.6 is 11.6 Å². The fraction of sp³-hybridized carbons (Fsp3) is 0.583. The van der Waals surface area contributed by atoms with E-state index in [0.717, 1.165) is 24.1 Å². The van der Waals surface area contributed by atoms with Crippen LogP contribution in [0.4, 0.5) is 0 Å². The Morgan fingerprint density at radius 1 is 1.40 bits per heavy atom. The predicted molar refractivity (Wildman–Crippen MR) is 63.4 cm³/mol. The molecule has 1 N–H and O–H groups in total. The SMILES string of the molecule is Cc1nc(Cl)c(O)cc1CCC(C)(C)C. The third-order valence-corrected chi connectivity index (χ3v) is 2.68. The van der Waals surface area contributed by atoms with Gasteiger partial charge in [0, 0.05) is 5.69 Å². The molecule has 0 saturated carbocycles. The van der Waals surface area contributed by atoms with E-state index in [2.05, 4.69) is 25.8 Å². The molecule has 0 atom stereocenters. The van der Waals surface area contributed by atoms with Crippen molar-refractivity contribution in [1.29, 1.82) is 0 Å². The second-order valence-corrected chi connectivity index (χ2v) is 5.46. The summed E-state index contributed by atoms with van der Waals surface area (Å²) in [6, 6.07) is 1.72. The lowest BCUT2D eigenvalue weighted by Crippen LogP contribution is -2.07. The van der Waals surface area contributed by atoms with Crippen LogP contribution in [0.15, 0.2) is 6.07 Å². The molecule has 0 saturated heterocycles. The number of hydrogen-bond donors (Lipinski definition) is 1. The minimum atomic E-state index is 0.0752. The van der Waals surface area contributed by atoms with E-state index >= 15 is 0 Å². The largest absolute Gasteiger partial charge is 0.505 e. The second-order valence-electron chi connectivity index (χ2n) is 5.10. The van der Waals surface area contributed by atoms with E-state index < -0.39 is 0 Å². The van der Waals surface area contributed by atoms with Crippen molar-refractivity contribution >= 4 is 11.6 Å². The van der Waals surface area contributed by atoms with Gasteiger partial charge in [0.15, 0.2) is 10.9 Å². The molecule has 0 spiro atoms. The molecule has 0 unspecified atom stereocenters. The van der Waals surface area contributed by atoms with Gasteiger partial charge in [0.25, 0.3) is 0 Å². The molecule has 2 nitrogen and oxygen atoms in total. The highest BCUT2D eigenvalue weighted by atomic mass is 35.5. The Morgan fingerprint density at radius 3 is 2.53 bits per heavy atom. The van der Waals surface area contributed by atoms with Crippen LogP contribution in [-0.4, -0.2) is 10.1 Å². The van der Waals surface area contributed by atoms with Crippen LogP contribution in [0.25, 0.3) is 0 Å². The van der Waals surface area contributed by atoms with Crippen molar-refractivity contribution in [2.24, 2.45) is 5.41 Å². The minimum absolute atomic E-state index is 0.0752. The minimum Gasteiger partial charge on any atom is -0.505 e. The summed E-state index contributed by atoms with van der Waals surface area (Å²) < 4.78 is 0. The molecule has 0 aromatic carbocycles. The Kier molecular flexibility index (Phi) is 3.61. The van der Waals surface area contributed by atoms with Crippen LogP contribution in [0.2, 0.25) is 5.15 Å². The van der Waals surface area contributed by atoms with E-state index in [0.29, 0.717) is 5.41 Å². The van der Waals surface area contributed by atoms with Crippen molar-refractivity contribution in [1.82, 2.24) is 4.98 Å². The zero-order chi connectivity index (χ0) is 11.6. The van der Waals surface area contributed by atoms with Gasteiger partial charge in [-0.2, -0.15) is 0 Å². The van der Waals surface area contributed by atoms with Crippen molar-refractivity contribution < 1.29 is 5.11 Å². The van der Waals surface area contributed by atoms with Crippen LogP contribution in [0.1, 0.15) is 38.4 Å². The monoisotopic (exact) mass is 227 g/mol. The highest BCUT2D eigenvalue weighted by Gasteiger charge is 2.12. The summed E-state index contributed by atoms with van der Waals surface area (Å²) in [6.45, 7) is 8.52. The van der Waals surface area contributed by atoms with Crippen LogP contribution in [0, 0.1) is 12.3 Å². The molecule has 0 aliphatic carbocycles. The zero-order valence-electron chi connectivity index (χ0n) is 9.76. The van der Waals surface area contributed by atoms with Gasteiger partial charge < -0.3 is 5.11 Å². The van der Waals surface area contributed by atoms with Crippen LogP contribution in [0.5, 0.6) is 5.75 Å². The summed E-state index contributed by atoms with van der Waals surface area (Å²) in [4.78, 5) is 4.09. The van der Waals surface area contributed by atoms with Crippen molar-refractivity contribution in [3.05, 3.63) is 22.5 Å². The maximum absolute atomic E-state index is 9.46. The van der Waals surface area contributed by atoms with Gasteiger partial charge in [-0.05, 0) is 36.8 Å². The first-order valence-corrected chi connectivity index (χ1v) is 5.52. The number of nitrogens with zero attached hydrogens (tertiary/aromatic N) is 1. The summed E-state index contributed by atoms with van der Waals surface area (Å²) in [7, 11) is 0. The molecule has 1 aromatic rings. The molecule has 0 amide bonds. The van der Waals surface area contributed by atoms with Gasteiger partial charge >= 0.3 is 0 Å². The zero-order valence-corrected chi connectivity index (χ0v) is 10.5. The molecule has 3 heteroatoms. The van der Waals surface area contributed by atoms with E-state index in [9.17, 15) is 5.11 Å². The van der Waals surface area contributed by atoms with Gasteiger partial charge in [-0.25, -0.2) is 4.98 Å². The maximum Gasteiger partial charge on any atom is 0.171 e. The Balaban J connectivity index is 2.82. The molecule has 0 aliphatic rings. The van der Waals surface area contributed by atoms with Gasteiger partial charge in [-0.15, -0.1) is 0 Å². The highest BCUT2D eigenvalue weighted by Crippen LogP contribution is 2.27. The number of pyridine rings is 1. The molecular weight excluding hydrogens is 210 g/mol. The van der Waals surface area contributed by atoms with Gasteiger partial charge in [-0.3, -0.25) is 0 Å². The normalized spacial score (nSPS) is 11.8. The van der Waals surface area contributed by atoms with E-state index in [4.69, 9.17) is 11.6 Å². The lowest BCUT2D eigenvalue weighted by Gasteiger charge is -2.18. The lowest BCUT2D eigenvalue weighted by atomic mass is 9.88. The number of rotatable bonds is 2. The molecule has 84 valence electrons. The highest BCUT2D eigenvalue weighted by molar-refractivity contribution is 6.30. The number of aromatic nitrogens is 1. The Morgan fingerprint density at radius 2 is 2.00 bits per heavy atom. The van der Waals surface area contributed by atoms with Crippen molar-refractivity contribution in [3.63, 3.8) is 0 Å². The standard InChI is InChI=1S/C12H18ClNO/c1-8-9(5-6-12(2,3)4)7-10(15)11(13)14-8/h7,15H,5-6H2,1-4H3. The first-order valence-electron chi connectivity index (χ1n) is 5.14.